The van der Waals surface area contributed by atoms with E-state index in [0.717, 1.165) is 11.1 Å². The largest absolute Gasteiger partial charge is 0.420 e. The van der Waals surface area contributed by atoms with Crippen LogP contribution in [0.15, 0.2) is 34.7 Å². The van der Waals surface area contributed by atoms with Crippen LogP contribution in [0.5, 0.6) is 0 Å². The van der Waals surface area contributed by atoms with E-state index in [9.17, 15) is 5.11 Å². The van der Waals surface area contributed by atoms with Gasteiger partial charge in [-0.25, -0.2) is 4.85 Å². The minimum absolute atomic E-state index is 0.289. The summed E-state index contributed by atoms with van der Waals surface area (Å²) in [7, 11) is 0. The molecule has 0 saturated heterocycles. The fraction of sp³-hybridized carbons (Fsp3) is 0.250. The monoisotopic (exact) mass is 435 g/mol. The van der Waals surface area contributed by atoms with E-state index in [2.05, 4.69) is 15.0 Å². The summed E-state index contributed by atoms with van der Waals surface area (Å²) in [6.45, 7) is 10.7. The third-order valence-corrected chi connectivity index (χ3v) is 5.76. The van der Waals surface area contributed by atoms with Crippen LogP contribution in [0.1, 0.15) is 29.9 Å². The summed E-state index contributed by atoms with van der Waals surface area (Å²) in [5.41, 5.74) is 2.73. The zero-order valence-electron chi connectivity index (χ0n) is 15.1. The molecular weight excluding hydrogens is 421 g/mol. The molecule has 0 radical (unpaired) electrons. The summed E-state index contributed by atoms with van der Waals surface area (Å²) >= 11 is 18.3. The highest BCUT2D eigenvalue weighted by Crippen LogP contribution is 2.34. The number of halogens is 3. The van der Waals surface area contributed by atoms with Crippen molar-refractivity contribution in [3.63, 3.8) is 0 Å². The Kier molecular flexibility index (Phi) is 6.26. The van der Waals surface area contributed by atoms with Gasteiger partial charge in [0, 0.05) is 5.56 Å². The first-order chi connectivity index (χ1) is 13.3. The van der Waals surface area contributed by atoms with Crippen molar-refractivity contribution in [3.8, 4) is 11.5 Å². The maximum absolute atomic E-state index is 10.3. The smallest absolute Gasteiger partial charge is 0.247 e. The first-order valence-corrected chi connectivity index (χ1v) is 9.57. The summed E-state index contributed by atoms with van der Waals surface area (Å²) in [5.74, 6) is 0.163. The first kappa shape index (κ1) is 20.6. The lowest BCUT2D eigenvalue weighted by Gasteiger charge is -2.18. The highest BCUT2D eigenvalue weighted by molar-refractivity contribution is 6.42. The SMILES string of the molecule is [C-]#[N+]c1ccc(CC(c2nnc(-c3ccc(Cl)c(Cl)c3)o2)[C@@H](C)O)c(C)c1Cl. The van der Waals surface area contributed by atoms with Crippen molar-refractivity contribution in [2.24, 2.45) is 0 Å². The van der Waals surface area contributed by atoms with Gasteiger partial charge in [0.2, 0.25) is 17.5 Å². The van der Waals surface area contributed by atoms with Crippen LogP contribution in [0.3, 0.4) is 0 Å². The number of hydrogen-bond acceptors (Lipinski definition) is 4. The molecule has 1 heterocycles. The van der Waals surface area contributed by atoms with Crippen LogP contribution < -0.4 is 0 Å². The number of benzene rings is 2. The van der Waals surface area contributed by atoms with E-state index in [4.69, 9.17) is 45.8 Å². The fourth-order valence-corrected chi connectivity index (χ4v) is 3.37. The second-order valence-electron chi connectivity index (χ2n) is 6.42. The molecule has 5 nitrogen and oxygen atoms in total. The van der Waals surface area contributed by atoms with E-state index < -0.39 is 12.0 Å². The molecule has 0 saturated carbocycles. The normalized spacial score (nSPS) is 13.2. The number of aliphatic hydroxyl groups excluding tert-OH is 1. The number of rotatable bonds is 5. The van der Waals surface area contributed by atoms with Gasteiger partial charge in [-0.05, 0) is 49.6 Å². The van der Waals surface area contributed by atoms with E-state index >= 15 is 0 Å². The summed E-state index contributed by atoms with van der Waals surface area (Å²) in [5, 5.41) is 19.7. The van der Waals surface area contributed by atoms with Gasteiger partial charge in [0.15, 0.2) is 0 Å². The second-order valence-corrected chi connectivity index (χ2v) is 7.61. The van der Waals surface area contributed by atoms with Gasteiger partial charge in [-0.3, -0.25) is 0 Å². The lowest BCUT2D eigenvalue weighted by molar-refractivity contribution is 0.148. The van der Waals surface area contributed by atoms with Crippen LogP contribution in [0.2, 0.25) is 15.1 Å². The quantitative estimate of drug-likeness (QED) is 0.479. The van der Waals surface area contributed by atoms with Gasteiger partial charge in [0.05, 0.1) is 33.7 Å². The molecule has 0 amide bonds. The number of aliphatic hydroxyl groups is 1. The minimum Gasteiger partial charge on any atom is -0.420 e. The molecule has 0 aliphatic carbocycles. The standard InChI is InChI=1S/C20H16Cl3N3O2/c1-10-12(5-7-17(24-3)18(10)23)8-14(11(2)27)20-26-25-19(28-20)13-4-6-15(21)16(22)9-13/h4-7,9,11,14,27H,8H2,1-2H3/t11-,14?/m1/s1. The molecule has 144 valence electrons. The third-order valence-electron chi connectivity index (χ3n) is 4.55. The average Bonchev–Trinajstić information content (AvgIpc) is 3.14. The summed E-state index contributed by atoms with van der Waals surface area (Å²) in [4.78, 5) is 3.40. The molecule has 0 aliphatic heterocycles. The van der Waals surface area contributed by atoms with Crippen LogP contribution in [-0.2, 0) is 6.42 Å². The van der Waals surface area contributed by atoms with Gasteiger partial charge < -0.3 is 9.52 Å². The zero-order valence-corrected chi connectivity index (χ0v) is 17.3. The van der Waals surface area contributed by atoms with Crippen LogP contribution in [0.4, 0.5) is 5.69 Å². The summed E-state index contributed by atoms with van der Waals surface area (Å²) in [6.07, 6.45) is -0.300. The molecule has 0 aliphatic rings. The lowest BCUT2D eigenvalue weighted by atomic mass is 9.92. The Labute approximate surface area is 177 Å². The summed E-state index contributed by atoms with van der Waals surface area (Å²) < 4.78 is 5.81. The molecule has 0 spiro atoms. The lowest BCUT2D eigenvalue weighted by Crippen LogP contribution is -2.18. The van der Waals surface area contributed by atoms with Gasteiger partial charge in [-0.1, -0.05) is 46.9 Å². The van der Waals surface area contributed by atoms with Gasteiger partial charge in [-0.2, -0.15) is 0 Å². The first-order valence-electron chi connectivity index (χ1n) is 8.44. The van der Waals surface area contributed by atoms with Crippen LogP contribution >= 0.6 is 34.8 Å². The van der Waals surface area contributed by atoms with E-state index in [1.165, 1.54) is 0 Å². The van der Waals surface area contributed by atoms with Crippen molar-refractivity contribution in [2.45, 2.75) is 32.3 Å². The summed E-state index contributed by atoms with van der Waals surface area (Å²) in [6, 6.07) is 8.53. The van der Waals surface area contributed by atoms with E-state index in [1.807, 2.05) is 13.0 Å². The molecule has 2 aromatic carbocycles. The Bertz CT molecular complexity index is 1060. The van der Waals surface area contributed by atoms with E-state index in [0.29, 0.717) is 38.6 Å². The minimum atomic E-state index is -0.735. The molecular formula is C20H16Cl3N3O2. The molecule has 2 atom stereocenters. The Morgan fingerprint density at radius 1 is 1.14 bits per heavy atom. The molecule has 3 rings (SSSR count). The number of aromatic nitrogens is 2. The average molecular weight is 437 g/mol. The van der Waals surface area contributed by atoms with Gasteiger partial charge >= 0.3 is 0 Å². The molecule has 1 N–H and O–H groups in total. The molecule has 0 fully saturated rings. The highest BCUT2D eigenvalue weighted by atomic mass is 35.5. The van der Waals surface area contributed by atoms with Crippen molar-refractivity contribution >= 4 is 40.5 Å². The predicted octanol–water partition coefficient (Wildman–Crippen LogP) is 6.26. The Hall–Kier alpha value is -2.10. The molecule has 0 bridgehead atoms. The van der Waals surface area contributed by atoms with Gasteiger partial charge in [-0.15, -0.1) is 10.2 Å². The van der Waals surface area contributed by atoms with Crippen LogP contribution in [-0.4, -0.2) is 21.4 Å². The van der Waals surface area contributed by atoms with Crippen LogP contribution in [0, 0.1) is 13.5 Å². The van der Waals surface area contributed by atoms with Gasteiger partial charge in [0.25, 0.3) is 0 Å². The van der Waals surface area contributed by atoms with Gasteiger partial charge in [0.1, 0.15) is 0 Å². The van der Waals surface area contributed by atoms with Crippen molar-refractivity contribution < 1.29 is 9.52 Å². The Morgan fingerprint density at radius 2 is 1.89 bits per heavy atom. The third kappa shape index (κ3) is 4.16. The molecule has 1 unspecified atom stereocenters. The predicted molar refractivity (Wildman–Crippen MR) is 110 cm³/mol. The highest BCUT2D eigenvalue weighted by Gasteiger charge is 2.26. The van der Waals surface area contributed by atoms with E-state index in [-0.39, 0.29) is 5.89 Å². The maximum Gasteiger partial charge on any atom is 0.247 e. The molecule has 1 aromatic heterocycles. The molecule has 3 aromatic rings. The fourth-order valence-electron chi connectivity index (χ4n) is 2.85. The Morgan fingerprint density at radius 3 is 2.54 bits per heavy atom. The molecule has 28 heavy (non-hydrogen) atoms. The van der Waals surface area contributed by atoms with Crippen molar-refractivity contribution in [2.75, 3.05) is 0 Å². The Balaban J connectivity index is 1.92. The maximum atomic E-state index is 10.3. The van der Waals surface area contributed by atoms with E-state index in [1.54, 1.807) is 31.2 Å². The van der Waals surface area contributed by atoms with Crippen LogP contribution in [0.25, 0.3) is 16.3 Å². The second kappa shape index (κ2) is 8.50. The number of hydrogen-bond donors (Lipinski definition) is 1. The van der Waals surface area contributed by atoms with Crippen molar-refractivity contribution in [3.05, 3.63) is 73.8 Å². The number of nitrogens with zero attached hydrogens (tertiary/aromatic N) is 3. The topological polar surface area (TPSA) is 63.5 Å². The van der Waals surface area contributed by atoms with Crippen molar-refractivity contribution in [1.82, 2.24) is 10.2 Å². The van der Waals surface area contributed by atoms with Crippen molar-refractivity contribution in [1.29, 1.82) is 0 Å². The molecule has 8 heteroatoms. The zero-order chi connectivity index (χ0) is 20.4.